The van der Waals surface area contributed by atoms with Crippen molar-refractivity contribution in [3.05, 3.63) is 66.6 Å². The normalized spacial score (nSPS) is 13.4. The molecule has 5 N–H and O–H groups in total. The summed E-state index contributed by atoms with van der Waals surface area (Å²) in [5.74, 6) is 0.423. The summed E-state index contributed by atoms with van der Waals surface area (Å²) in [5.41, 5.74) is 10.0. The zero-order valence-electron chi connectivity index (χ0n) is 20.1. The van der Waals surface area contributed by atoms with Crippen LogP contribution in [0.5, 0.6) is 0 Å². The first kappa shape index (κ1) is 23.9. The number of carbonyl (C=O) groups excluding carboxylic acids is 2. The lowest BCUT2D eigenvalue weighted by molar-refractivity contribution is 0.0564. The van der Waals surface area contributed by atoms with Crippen molar-refractivity contribution in [2.24, 2.45) is 5.73 Å². The zero-order chi connectivity index (χ0) is 25.9. The number of nitrogens with two attached hydrogens (primary N) is 1. The highest BCUT2D eigenvalue weighted by atomic mass is 16.5. The summed E-state index contributed by atoms with van der Waals surface area (Å²) in [5, 5.41) is 5.97. The van der Waals surface area contributed by atoms with Gasteiger partial charge in [0.1, 0.15) is 17.2 Å². The molecule has 12 heteroatoms. The van der Waals surface area contributed by atoms with E-state index in [9.17, 15) is 9.59 Å². The maximum absolute atomic E-state index is 12.6. The topological polar surface area (TPSA) is 164 Å². The Balaban J connectivity index is 1.45. The smallest absolute Gasteiger partial charge is 0.322 e. The van der Waals surface area contributed by atoms with Gasteiger partial charge in [0, 0.05) is 61.0 Å². The third-order valence-corrected chi connectivity index (χ3v) is 6.02. The number of hydrogen-bond donors (Lipinski definition) is 4. The second-order valence-corrected chi connectivity index (χ2v) is 8.37. The molecular weight excluding hydrogens is 474 g/mol. The van der Waals surface area contributed by atoms with Gasteiger partial charge in [-0.2, -0.15) is 0 Å². The van der Waals surface area contributed by atoms with Crippen LogP contribution in [-0.4, -0.2) is 75.1 Å². The number of fused-ring (bicyclic) bond motifs is 1. The van der Waals surface area contributed by atoms with Crippen LogP contribution in [0.4, 0.5) is 16.3 Å². The van der Waals surface area contributed by atoms with Crippen molar-refractivity contribution < 1.29 is 14.3 Å². The standard InChI is InChI=1S/C25H25N9O3/c1-14(23-32-20-13-29-12-19(22(26)35)21(20)33-23)18-8-16(10-30-24(18)27-2)15-7-17(11-28-9-15)31-25(36)34-3-5-37-6-4-34/h7-13H,1,3-6H2,2H3,(H2,26,35)(H,27,30)(H,31,36)(H,32,33). The summed E-state index contributed by atoms with van der Waals surface area (Å²) in [6, 6.07) is 3.54. The Morgan fingerprint density at radius 2 is 1.81 bits per heavy atom. The van der Waals surface area contributed by atoms with Crippen LogP contribution in [0.3, 0.4) is 0 Å². The van der Waals surface area contributed by atoms with E-state index in [4.69, 9.17) is 10.5 Å². The number of aromatic nitrogens is 5. The van der Waals surface area contributed by atoms with E-state index in [0.717, 1.165) is 11.1 Å². The fourth-order valence-electron chi connectivity index (χ4n) is 4.07. The van der Waals surface area contributed by atoms with Gasteiger partial charge in [0.05, 0.1) is 42.4 Å². The summed E-state index contributed by atoms with van der Waals surface area (Å²) in [6.07, 6.45) is 7.95. The van der Waals surface area contributed by atoms with Gasteiger partial charge in [0.2, 0.25) is 0 Å². The third-order valence-electron chi connectivity index (χ3n) is 6.02. The first-order valence-corrected chi connectivity index (χ1v) is 11.5. The molecule has 1 saturated heterocycles. The molecule has 188 valence electrons. The molecule has 0 bridgehead atoms. The summed E-state index contributed by atoms with van der Waals surface area (Å²) in [6.45, 7) is 6.34. The maximum atomic E-state index is 12.6. The fraction of sp³-hybridized carbons (Fsp3) is 0.200. The number of H-pyrrole nitrogens is 1. The Morgan fingerprint density at radius 3 is 2.57 bits per heavy atom. The minimum atomic E-state index is -0.616. The molecule has 0 atom stereocenters. The summed E-state index contributed by atoms with van der Waals surface area (Å²) >= 11 is 0. The van der Waals surface area contributed by atoms with Gasteiger partial charge in [0.15, 0.2) is 0 Å². The summed E-state index contributed by atoms with van der Waals surface area (Å²) in [4.78, 5) is 46.7. The monoisotopic (exact) mass is 499 g/mol. The molecule has 0 radical (unpaired) electrons. The van der Waals surface area contributed by atoms with E-state index < -0.39 is 5.91 Å². The predicted octanol–water partition coefficient (Wildman–Crippen LogP) is 2.48. The van der Waals surface area contributed by atoms with Crippen molar-refractivity contribution in [1.29, 1.82) is 0 Å². The van der Waals surface area contributed by atoms with E-state index in [2.05, 4.69) is 42.1 Å². The molecule has 5 rings (SSSR count). The number of urea groups is 1. The van der Waals surface area contributed by atoms with E-state index in [1.807, 2.05) is 12.1 Å². The lowest BCUT2D eigenvalue weighted by Crippen LogP contribution is -2.43. The van der Waals surface area contributed by atoms with Gasteiger partial charge in [-0.25, -0.2) is 14.8 Å². The van der Waals surface area contributed by atoms with Gasteiger partial charge < -0.3 is 31.0 Å². The number of aromatic amines is 1. The second kappa shape index (κ2) is 10.0. The van der Waals surface area contributed by atoms with E-state index in [1.165, 1.54) is 6.20 Å². The molecule has 5 heterocycles. The average molecular weight is 500 g/mol. The average Bonchev–Trinajstić information content (AvgIpc) is 3.37. The number of anilines is 2. The molecule has 3 amide bonds. The van der Waals surface area contributed by atoms with Crippen LogP contribution >= 0.6 is 0 Å². The van der Waals surface area contributed by atoms with Crippen LogP contribution < -0.4 is 16.4 Å². The minimum Gasteiger partial charge on any atom is -0.378 e. The molecule has 0 spiro atoms. The lowest BCUT2D eigenvalue weighted by atomic mass is 10.0. The van der Waals surface area contributed by atoms with Crippen LogP contribution in [0.1, 0.15) is 21.7 Å². The van der Waals surface area contributed by atoms with Crippen molar-refractivity contribution in [3.63, 3.8) is 0 Å². The number of carbonyl (C=O) groups is 2. The largest absolute Gasteiger partial charge is 0.378 e. The second-order valence-electron chi connectivity index (χ2n) is 8.37. The molecule has 0 aromatic carbocycles. The quantitative estimate of drug-likeness (QED) is 0.314. The van der Waals surface area contributed by atoms with Crippen molar-refractivity contribution in [2.75, 3.05) is 44.0 Å². The van der Waals surface area contributed by atoms with Gasteiger partial charge in [-0.1, -0.05) is 6.58 Å². The number of ether oxygens (including phenoxy) is 1. The SMILES string of the molecule is C=C(c1nc2c(C(N)=O)cncc2[nH]1)c1cc(-c2cncc(NC(=O)N3CCOCC3)c2)cnc1NC. The highest BCUT2D eigenvalue weighted by Crippen LogP contribution is 2.31. The highest BCUT2D eigenvalue weighted by Gasteiger charge is 2.19. The number of imidazole rings is 1. The van der Waals surface area contributed by atoms with Crippen molar-refractivity contribution in [3.8, 4) is 11.1 Å². The number of rotatable bonds is 6. The van der Waals surface area contributed by atoms with Crippen LogP contribution in [0.2, 0.25) is 0 Å². The Kier molecular flexibility index (Phi) is 6.47. The van der Waals surface area contributed by atoms with Crippen molar-refractivity contribution >= 4 is 40.1 Å². The van der Waals surface area contributed by atoms with Gasteiger partial charge in [-0.15, -0.1) is 0 Å². The van der Waals surface area contributed by atoms with Gasteiger partial charge in [0.25, 0.3) is 5.91 Å². The van der Waals surface area contributed by atoms with E-state index >= 15 is 0 Å². The van der Waals surface area contributed by atoms with Crippen LogP contribution in [0.15, 0.2) is 49.7 Å². The molecular formula is C25H25N9O3. The number of amides is 3. The van der Waals surface area contributed by atoms with E-state index in [1.54, 1.807) is 36.7 Å². The van der Waals surface area contributed by atoms with Crippen LogP contribution in [0.25, 0.3) is 27.7 Å². The van der Waals surface area contributed by atoms with Crippen LogP contribution in [0, 0.1) is 0 Å². The molecule has 1 aliphatic heterocycles. The molecule has 4 aromatic rings. The first-order valence-electron chi connectivity index (χ1n) is 11.5. The lowest BCUT2D eigenvalue weighted by Gasteiger charge is -2.26. The molecule has 0 unspecified atom stereocenters. The molecule has 1 fully saturated rings. The van der Waals surface area contributed by atoms with Gasteiger partial charge in [-0.05, 0) is 12.1 Å². The Morgan fingerprint density at radius 1 is 1.05 bits per heavy atom. The summed E-state index contributed by atoms with van der Waals surface area (Å²) in [7, 11) is 1.76. The Labute approximate surface area is 212 Å². The van der Waals surface area contributed by atoms with Gasteiger partial charge >= 0.3 is 6.03 Å². The zero-order valence-corrected chi connectivity index (χ0v) is 20.1. The van der Waals surface area contributed by atoms with Crippen molar-refractivity contribution in [2.45, 2.75) is 0 Å². The molecule has 0 aliphatic carbocycles. The molecule has 1 aliphatic rings. The predicted molar refractivity (Wildman–Crippen MR) is 139 cm³/mol. The summed E-state index contributed by atoms with van der Waals surface area (Å²) < 4.78 is 5.31. The Bertz CT molecular complexity index is 1510. The molecule has 12 nitrogen and oxygen atoms in total. The van der Waals surface area contributed by atoms with Gasteiger partial charge in [-0.3, -0.25) is 14.8 Å². The maximum Gasteiger partial charge on any atom is 0.322 e. The van der Waals surface area contributed by atoms with Crippen molar-refractivity contribution in [1.82, 2.24) is 29.8 Å². The highest BCUT2D eigenvalue weighted by molar-refractivity contribution is 6.04. The molecule has 0 saturated carbocycles. The molecule has 4 aromatic heterocycles. The third kappa shape index (κ3) is 4.82. The number of hydrogen-bond acceptors (Lipinski definition) is 8. The Hall–Kier alpha value is -4.84. The van der Waals surface area contributed by atoms with E-state index in [-0.39, 0.29) is 11.6 Å². The first-order chi connectivity index (χ1) is 17.9. The number of pyridine rings is 3. The van der Waals surface area contributed by atoms with Crippen LogP contribution in [-0.2, 0) is 4.74 Å². The molecule has 37 heavy (non-hydrogen) atoms. The number of primary amides is 1. The number of nitrogens with one attached hydrogen (secondary N) is 3. The van der Waals surface area contributed by atoms with E-state index in [0.29, 0.717) is 65.8 Å². The number of nitrogens with zero attached hydrogens (tertiary/aromatic N) is 5. The minimum absolute atomic E-state index is 0.199. The number of morpholine rings is 1. The fourth-order valence-corrected chi connectivity index (χ4v) is 4.07.